The molecule has 2 aromatic carbocycles. The van der Waals surface area contributed by atoms with Gasteiger partial charge in [0.05, 0.1) is 29.7 Å². The Labute approximate surface area is 163 Å². The highest BCUT2D eigenvalue weighted by molar-refractivity contribution is 7.92. The highest BCUT2D eigenvalue weighted by Gasteiger charge is 2.31. The monoisotopic (exact) mass is 407 g/mol. The van der Waals surface area contributed by atoms with E-state index in [1.807, 2.05) is 0 Å². The number of hydrogen-bond acceptors (Lipinski definition) is 6. The molecule has 0 heterocycles. The molecule has 1 unspecified atom stereocenters. The Hall–Kier alpha value is -3.14. The number of hydrogen-bond donors (Lipinski definition) is 1. The number of benzene rings is 2. The maximum absolute atomic E-state index is 12.8. The third-order valence-electron chi connectivity index (χ3n) is 4.09. The minimum absolute atomic E-state index is 0.0689. The van der Waals surface area contributed by atoms with E-state index in [-0.39, 0.29) is 11.4 Å². The molecule has 0 aliphatic carbocycles. The van der Waals surface area contributed by atoms with Crippen molar-refractivity contribution in [2.75, 3.05) is 23.0 Å². The average Bonchev–Trinajstić information content (AvgIpc) is 2.62. The summed E-state index contributed by atoms with van der Waals surface area (Å²) in [6.07, 6.45) is 0.943. The van der Waals surface area contributed by atoms with Gasteiger partial charge in [-0.25, -0.2) is 8.42 Å². The Morgan fingerprint density at radius 2 is 1.89 bits per heavy atom. The molecule has 2 rings (SSSR count). The van der Waals surface area contributed by atoms with Gasteiger partial charge in [0.1, 0.15) is 11.8 Å². The summed E-state index contributed by atoms with van der Waals surface area (Å²) in [5.74, 6) is -0.193. The van der Waals surface area contributed by atoms with Crippen molar-refractivity contribution in [3.8, 4) is 5.75 Å². The smallest absolute Gasteiger partial charge is 0.271 e. The first-order valence-corrected chi connectivity index (χ1v) is 10.1. The lowest BCUT2D eigenvalue weighted by molar-refractivity contribution is -0.384. The van der Waals surface area contributed by atoms with Gasteiger partial charge in [-0.15, -0.1) is 0 Å². The molecule has 150 valence electrons. The van der Waals surface area contributed by atoms with E-state index in [2.05, 4.69) is 5.32 Å². The molecular weight excluding hydrogens is 386 g/mol. The average molecular weight is 407 g/mol. The summed E-state index contributed by atoms with van der Waals surface area (Å²) in [5.41, 5.74) is 0.657. The van der Waals surface area contributed by atoms with Crippen LogP contribution in [0.5, 0.6) is 5.75 Å². The first kappa shape index (κ1) is 21.2. The van der Waals surface area contributed by atoms with Crippen LogP contribution in [0, 0.1) is 17.0 Å². The summed E-state index contributed by atoms with van der Waals surface area (Å²) in [5, 5.41) is 13.7. The molecule has 28 heavy (non-hydrogen) atoms. The molecule has 2 aromatic rings. The lowest BCUT2D eigenvalue weighted by Crippen LogP contribution is -2.45. The van der Waals surface area contributed by atoms with Crippen molar-refractivity contribution in [2.24, 2.45) is 0 Å². The topological polar surface area (TPSA) is 119 Å². The fourth-order valence-corrected chi connectivity index (χ4v) is 3.94. The third kappa shape index (κ3) is 4.58. The number of carbonyl (C=O) groups excluding carboxylic acids is 1. The summed E-state index contributed by atoms with van der Waals surface area (Å²) in [6.45, 7) is 3.02. The molecule has 0 aromatic heterocycles. The third-order valence-corrected chi connectivity index (χ3v) is 5.32. The molecule has 0 saturated carbocycles. The standard InChI is InChI=1S/C18H21N3O6S/c1-12-9-10-14(21(23)24)11-16(12)20(28(4,25)26)13(2)18(22)19-15-7-5-6-8-17(15)27-3/h5-11,13H,1-4H3,(H,19,22). The van der Waals surface area contributed by atoms with Crippen molar-refractivity contribution < 1.29 is 22.9 Å². The van der Waals surface area contributed by atoms with Crippen LogP contribution in [0.25, 0.3) is 0 Å². The normalized spacial score (nSPS) is 12.1. The molecule has 0 saturated heterocycles. The number of carbonyl (C=O) groups is 1. The van der Waals surface area contributed by atoms with Gasteiger partial charge in [0, 0.05) is 12.1 Å². The summed E-state index contributed by atoms with van der Waals surface area (Å²) in [4.78, 5) is 23.2. The van der Waals surface area contributed by atoms with E-state index in [4.69, 9.17) is 4.74 Å². The number of non-ortho nitro benzene ring substituents is 1. The Morgan fingerprint density at radius 1 is 1.25 bits per heavy atom. The lowest BCUT2D eigenvalue weighted by Gasteiger charge is -2.29. The van der Waals surface area contributed by atoms with Crippen molar-refractivity contribution in [3.63, 3.8) is 0 Å². The number of nitrogens with zero attached hydrogens (tertiary/aromatic N) is 2. The Morgan fingerprint density at radius 3 is 2.46 bits per heavy atom. The molecule has 10 heteroatoms. The first-order chi connectivity index (χ1) is 13.1. The largest absolute Gasteiger partial charge is 0.495 e. The molecule has 0 spiro atoms. The van der Waals surface area contributed by atoms with Crippen molar-refractivity contribution in [1.29, 1.82) is 0 Å². The minimum atomic E-state index is -3.92. The molecule has 0 fully saturated rings. The van der Waals surface area contributed by atoms with E-state index in [9.17, 15) is 23.3 Å². The lowest BCUT2D eigenvalue weighted by atomic mass is 10.1. The second-order valence-electron chi connectivity index (χ2n) is 6.15. The van der Waals surface area contributed by atoms with Gasteiger partial charge < -0.3 is 10.1 Å². The molecule has 0 bridgehead atoms. The fraction of sp³-hybridized carbons (Fsp3) is 0.278. The number of para-hydroxylation sites is 2. The van der Waals surface area contributed by atoms with Gasteiger partial charge in [0.2, 0.25) is 15.9 Å². The number of amides is 1. The number of nitro benzene ring substituents is 1. The first-order valence-electron chi connectivity index (χ1n) is 8.24. The molecule has 1 N–H and O–H groups in total. The molecular formula is C18H21N3O6S. The van der Waals surface area contributed by atoms with Gasteiger partial charge >= 0.3 is 0 Å². The van der Waals surface area contributed by atoms with Crippen LogP contribution >= 0.6 is 0 Å². The number of rotatable bonds is 7. The molecule has 0 aliphatic heterocycles. The summed E-state index contributed by atoms with van der Waals surface area (Å²) in [7, 11) is -2.47. The summed E-state index contributed by atoms with van der Waals surface area (Å²) in [6, 6.07) is 9.39. The predicted octanol–water partition coefficient (Wildman–Crippen LogP) is 2.71. The van der Waals surface area contributed by atoms with E-state index in [0.717, 1.165) is 16.6 Å². The fourth-order valence-electron chi connectivity index (χ4n) is 2.71. The van der Waals surface area contributed by atoms with Gasteiger partial charge in [-0.2, -0.15) is 0 Å². The van der Waals surface area contributed by atoms with Gasteiger partial charge in [0.25, 0.3) is 5.69 Å². The zero-order valence-electron chi connectivity index (χ0n) is 15.9. The van der Waals surface area contributed by atoms with Crippen molar-refractivity contribution >= 4 is 33.0 Å². The number of methoxy groups -OCH3 is 1. The number of nitro groups is 1. The van der Waals surface area contributed by atoms with Crippen LogP contribution in [0.15, 0.2) is 42.5 Å². The van der Waals surface area contributed by atoms with E-state index in [1.165, 1.54) is 26.2 Å². The van der Waals surface area contributed by atoms with E-state index in [0.29, 0.717) is 17.0 Å². The minimum Gasteiger partial charge on any atom is -0.495 e. The van der Waals surface area contributed by atoms with Gasteiger partial charge in [0.15, 0.2) is 0 Å². The quantitative estimate of drug-likeness (QED) is 0.557. The molecule has 1 atom stereocenters. The summed E-state index contributed by atoms with van der Waals surface area (Å²) < 4.78 is 30.9. The van der Waals surface area contributed by atoms with Crippen LogP contribution in [0.2, 0.25) is 0 Å². The van der Waals surface area contributed by atoms with Crippen LogP contribution in [0.3, 0.4) is 0 Å². The predicted molar refractivity (Wildman–Crippen MR) is 106 cm³/mol. The van der Waals surface area contributed by atoms with Crippen molar-refractivity contribution in [1.82, 2.24) is 0 Å². The molecule has 1 amide bonds. The number of ether oxygens (including phenoxy) is 1. The Balaban J connectivity index is 2.45. The van der Waals surface area contributed by atoms with Crippen LogP contribution in [0.4, 0.5) is 17.1 Å². The van der Waals surface area contributed by atoms with Crippen molar-refractivity contribution in [2.45, 2.75) is 19.9 Å². The molecule has 9 nitrogen and oxygen atoms in total. The number of aryl methyl sites for hydroxylation is 1. The highest BCUT2D eigenvalue weighted by Crippen LogP contribution is 2.30. The maximum atomic E-state index is 12.8. The zero-order chi connectivity index (χ0) is 21.1. The molecule has 0 aliphatic rings. The number of nitrogens with one attached hydrogen (secondary N) is 1. The van der Waals surface area contributed by atoms with Crippen LogP contribution in [0.1, 0.15) is 12.5 Å². The van der Waals surface area contributed by atoms with Crippen LogP contribution < -0.4 is 14.4 Å². The Bertz CT molecular complexity index is 1010. The van der Waals surface area contributed by atoms with E-state index < -0.39 is 26.9 Å². The van der Waals surface area contributed by atoms with Gasteiger partial charge in [-0.3, -0.25) is 19.2 Å². The SMILES string of the molecule is COc1ccccc1NC(=O)C(C)N(c1cc([N+](=O)[O-])ccc1C)S(C)(=O)=O. The molecule has 0 radical (unpaired) electrons. The zero-order valence-corrected chi connectivity index (χ0v) is 16.7. The summed E-state index contributed by atoms with van der Waals surface area (Å²) >= 11 is 0. The Kier molecular flexibility index (Phi) is 6.24. The highest BCUT2D eigenvalue weighted by atomic mass is 32.2. The number of anilines is 2. The maximum Gasteiger partial charge on any atom is 0.271 e. The van der Waals surface area contributed by atoms with Gasteiger partial charge in [-0.05, 0) is 31.5 Å². The van der Waals surface area contributed by atoms with Gasteiger partial charge in [-0.1, -0.05) is 18.2 Å². The van der Waals surface area contributed by atoms with E-state index in [1.54, 1.807) is 31.2 Å². The van der Waals surface area contributed by atoms with Crippen LogP contribution in [-0.4, -0.2) is 38.7 Å². The second kappa shape index (κ2) is 8.26. The second-order valence-corrected chi connectivity index (χ2v) is 8.01. The van der Waals surface area contributed by atoms with E-state index >= 15 is 0 Å². The number of sulfonamides is 1. The van der Waals surface area contributed by atoms with Crippen molar-refractivity contribution in [3.05, 3.63) is 58.1 Å². The van der Waals surface area contributed by atoms with Crippen LogP contribution in [-0.2, 0) is 14.8 Å².